The Labute approximate surface area is 118 Å². The first kappa shape index (κ1) is 14.8. The molecule has 2 N–H and O–H groups in total. The smallest absolute Gasteiger partial charge is 0.308 e. The van der Waals surface area contributed by atoms with Crippen LogP contribution in [0.15, 0.2) is 0 Å². The highest BCUT2D eigenvalue weighted by molar-refractivity contribution is 5.88. The van der Waals surface area contributed by atoms with Crippen molar-refractivity contribution in [1.82, 2.24) is 10.2 Å². The largest absolute Gasteiger partial charge is 0.481 e. The molecule has 2 heterocycles. The number of piperidine rings is 1. The maximum Gasteiger partial charge on any atom is 0.308 e. The Hall–Kier alpha value is -1.59. The summed E-state index contributed by atoms with van der Waals surface area (Å²) in [7, 11) is 0. The van der Waals surface area contributed by atoms with E-state index in [1.165, 1.54) is 0 Å². The molecule has 2 saturated heterocycles. The number of carboxylic acids is 1. The molecule has 112 valence electrons. The zero-order valence-corrected chi connectivity index (χ0v) is 11.8. The number of hydrogen-bond donors (Lipinski definition) is 2. The van der Waals surface area contributed by atoms with Crippen molar-refractivity contribution in [2.75, 3.05) is 6.54 Å². The molecule has 0 aromatic heterocycles. The molecule has 0 aliphatic carbocycles. The van der Waals surface area contributed by atoms with Crippen molar-refractivity contribution >= 4 is 17.8 Å². The van der Waals surface area contributed by atoms with Gasteiger partial charge in [0.15, 0.2) is 0 Å². The third kappa shape index (κ3) is 3.11. The van der Waals surface area contributed by atoms with Crippen LogP contribution in [0.4, 0.5) is 0 Å². The summed E-state index contributed by atoms with van der Waals surface area (Å²) in [4.78, 5) is 37.0. The predicted molar refractivity (Wildman–Crippen MR) is 71.9 cm³/mol. The van der Waals surface area contributed by atoms with E-state index in [9.17, 15) is 19.5 Å². The number of carbonyl (C=O) groups is 3. The number of amides is 2. The molecule has 2 aliphatic heterocycles. The average Bonchev–Trinajstić information content (AvgIpc) is 2.62. The van der Waals surface area contributed by atoms with Gasteiger partial charge in [-0.2, -0.15) is 0 Å². The van der Waals surface area contributed by atoms with E-state index < -0.39 is 17.9 Å². The van der Waals surface area contributed by atoms with E-state index in [1.807, 2.05) is 0 Å². The Morgan fingerprint density at radius 2 is 2.00 bits per heavy atom. The van der Waals surface area contributed by atoms with Crippen LogP contribution in [0.3, 0.4) is 0 Å². The van der Waals surface area contributed by atoms with Crippen LogP contribution in [-0.2, 0) is 14.4 Å². The monoisotopic (exact) mass is 282 g/mol. The van der Waals surface area contributed by atoms with Crippen LogP contribution >= 0.6 is 0 Å². The molecule has 6 heteroatoms. The van der Waals surface area contributed by atoms with Gasteiger partial charge in [-0.15, -0.1) is 0 Å². The van der Waals surface area contributed by atoms with Gasteiger partial charge >= 0.3 is 5.97 Å². The molecule has 3 atom stereocenters. The first-order chi connectivity index (χ1) is 9.50. The number of nitrogens with one attached hydrogen (secondary N) is 1. The Bertz CT molecular complexity index is 410. The number of hydrogen-bond acceptors (Lipinski definition) is 3. The molecule has 2 amide bonds. The number of rotatable bonds is 2. The summed E-state index contributed by atoms with van der Waals surface area (Å²) in [5.41, 5.74) is 0. The van der Waals surface area contributed by atoms with Crippen LogP contribution < -0.4 is 5.32 Å². The van der Waals surface area contributed by atoms with Gasteiger partial charge in [-0.25, -0.2) is 0 Å². The second-order valence-corrected chi connectivity index (χ2v) is 5.73. The minimum Gasteiger partial charge on any atom is -0.481 e. The molecular formula is C14H22N2O4. The Morgan fingerprint density at radius 3 is 2.70 bits per heavy atom. The maximum atomic E-state index is 12.5. The summed E-state index contributed by atoms with van der Waals surface area (Å²) in [5.74, 6) is -1.56. The second kappa shape index (κ2) is 6.24. The van der Waals surface area contributed by atoms with Gasteiger partial charge in [-0.1, -0.05) is 6.42 Å². The Balaban J connectivity index is 2.07. The normalized spacial score (nSPS) is 31.4. The van der Waals surface area contributed by atoms with Crippen molar-refractivity contribution in [3.8, 4) is 0 Å². The lowest BCUT2D eigenvalue weighted by atomic mass is 9.89. The second-order valence-electron chi connectivity index (χ2n) is 5.73. The van der Waals surface area contributed by atoms with Gasteiger partial charge in [0, 0.05) is 19.0 Å². The van der Waals surface area contributed by atoms with Gasteiger partial charge < -0.3 is 15.3 Å². The summed E-state index contributed by atoms with van der Waals surface area (Å²) >= 11 is 0. The van der Waals surface area contributed by atoms with Crippen molar-refractivity contribution in [2.45, 2.75) is 57.5 Å². The minimum atomic E-state index is -0.847. The molecule has 2 rings (SSSR count). The van der Waals surface area contributed by atoms with E-state index in [1.54, 1.807) is 11.8 Å². The zero-order valence-electron chi connectivity index (χ0n) is 11.8. The van der Waals surface area contributed by atoms with E-state index in [0.29, 0.717) is 32.2 Å². The number of carboxylic acid groups (broad SMARTS) is 1. The van der Waals surface area contributed by atoms with E-state index in [0.717, 1.165) is 12.8 Å². The summed E-state index contributed by atoms with van der Waals surface area (Å²) in [6.07, 6.45) is 4.08. The number of likely N-dealkylation sites (tertiary alicyclic amines) is 1. The molecule has 0 aromatic carbocycles. The summed E-state index contributed by atoms with van der Waals surface area (Å²) < 4.78 is 0. The van der Waals surface area contributed by atoms with Crippen LogP contribution in [-0.4, -0.2) is 46.4 Å². The van der Waals surface area contributed by atoms with Gasteiger partial charge in [-0.05, 0) is 32.6 Å². The SMILES string of the molecule is C[C@@H]1[C@H](C(=O)O)CCCN1C(=O)C1CCCCC(=O)N1. The lowest BCUT2D eigenvalue weighted by molar-refractivity contribution is -0.150. The zero-order chi connectivity index (χ0) is 14.7. The van der Waals surface area contributed by atoms with Crippen LogP contribution in [0, 0.1) is 5.92 Å². The lowest BCUT2D eigenvalue weighted by Crippen LogP contribution is -2.55. The molecule has 0 aromatic rings. The van der Waals surface area contributed by atoms with Crippen LogP contribution in [0.25, 0.3) is 0 Å². The van der Waals surface area contributed by atoms with E-state index in [2.05, 4.69) is 5.32 Å². The first-order valence-electron chi connectivity index (χ1n) is 7.33. The molecular weight excluding hydrogens is 260 g/mol. The molecule has 0 spiro atoms. The molecule has 1 unspecified atom stereocenters. The van der Waals surface area contributed by atoms with E-state index in [4.69, 9.17) is 0 Å². The molecule has 2 fully saturated rings. The van der Waals surface area contributed by atoms with Gasteiger partial charge in [0.05, 0.1) is 5.92 Å². The van der Waals surface area contributed by atoms with E-state index >= 15 is 0 Å². The van der Waals surface area contributed by atoms with Gasteiger partial charge in [-0.3, -0.25) is 14.4 Å². The van der Waals surface area contributed by atoms with E-state index in [-0.39, 0.29) is 17.9 Å². The fraction of sp³-hybridized carbons (Fsp3) is 0.786. The highest BCUT2D eigenvalue weighted by atomic mass is 16.4. The van der Waals surface area contributed by atoms with Gasteiger partial charge in [0.1, 0.15) is 6.04 Å². The van der Waals surface area contributed by atoms with Crippen LogP contribution in [0.1, 0.15) is 45.4 Å². The number of carbonyl (C=O) groups excluding carboxylic acids is 2. The highest BCUT2D eigenvalue weighted by Crippen LogP contribution is 2.25. The van der Waals surface area contributed by atoms with Crippen molar-refractivity contribution in [2.24, 2.45) is 5.92 Å². The van der Waals surface area contributed by atoms with Gasteiger partial charge in [0.25, 0.3) is 0 Å². The molecule has 6 nitrogen and oxygen atoms in total. The number of nitrogens with zero attached hydrogens (tertiary/aromatic N) is 1. The average molecular weight is 282 g/mol. The summed E-state index contributed by atoms with van der Waals surface area (Å²) in [6, 6.07) is -0.797. The minimum absolute atomic E-state index is 0.0831. The Kier molecular flexibility index (Phi) is 4.62. The third-order valence-electron chi connectivity index (χ3n) is 4.37. The molecule has 0 saturated carbocycles. The summed E-state index contributed by atoms with van der Waals surface area (Å²) in [5, 5.41) is 12.0. The lowest BCUT2D eigenvalue weighted by Gasteiger charge is -2.39. The third-order valence-corrected chi connectivity index (χ3v) is 4.37. The van der Waals surface area contributed by atoms with Crippen LogP contribution in [0.5, 0.6) is 0 Å². The summed E-state index contributed by atoms with van der Waals surface area (Å²) in [6.45, 7) is 2.37. The number of aliphatic carboxylic acids is 1. The predicted octanol–water partition coefficient (Wildman–Crippen LogP) is 0.757. The Morgan fingerprint density at radius 1 is 1.25 bits per heavy atom. The topological polar surface area (TPSA) is 86.7 Å². The first-order valence-corrected chi connectivity index (χ1v) is 7.33. The quantitative estimate of drug-likeness (QED) is 0.782. The highest BCUT2D eigenvalue weighted by Gasteiger charge is 2.38. The fourth-order valence-corrected chi connectivity index (χ4v) is 3.14. The molecule has 0 bridgehead atoms. The fourth-order valence-electron chi connectivity index (χ4n) is 3.14. The maximum absolute atomic E-state index is 12.5. The molecule has 0 radical (unpaired) electrons. The standard InChI is InChI=1S/C14H22N2O4/c1-9-10(14(19)20)5-4-8-16(9)13(18)11-6-2-3-7-12(17)15-11/h9-11H,2-8H2,1H3,(H,15,17)(H,19,20)/t9-,10-,11?/m1/s1. The van der Waals surface area contributed by atoms with Gasteiger partial charge in [0.2, 0.25) is 11.8 Å². The van der Waals surface area contributed by atoms with Crippen molar-refractivity contribution in [3.63, 3.8) is 0 Å². The van der Waals surface area contributed by atoms with Crippen LogP contribution in [0.2, 0.25) is 0 Å². The van der Waals surface area contributed by atoms with Crippen molar-refractivity contribution in [1.29, 1.82) is 0 Å². The van der Waals surface area contributed by atoms with Crippen molar-refractivity contribution in [3.05, 3.63) is 0 Å². The molecule has 2 aliphatic rings. The van der Waals surface area contributed by atoms with Crippen molar-refractivity contribution < 1.29 is 19.5 Å². The molecule has 20 heavy (non-hydrogen) atoms.